The van der Waals surface area contributed by atoms with E-state index in [0.717, 1.165) is 50.3 Å². The van der Waals surface area contributed by atoms with E-state index in [4.69, 9.17) is 9.47 Å². The molecule has 4 nitrogen and oxygen atoms in total. The topological polar surface area (TPSA) is 34.6 Å². The third-order valence-corrected chi connectivity index (χ3v) is 5.08. The molecule has 27 heavy (non-hydrogen) atoms. The molecule has 2 aromatic rings. The summed E-state index contributed by atoms with van der Waals surface area (Å²) in [5.41, 5.74) is 1.33. The second-order valence-electron chi connectivity index (χ2n) is 7.15. The van der Waals surface area contributed by atoms with Gasteiger partial charge in [0.2, 0.25) is 0 Å². The maximum Gasteiger partial charge on any atom is 0.122 e. The number of allylic oxidation sites excluding steroid dienone is 1. The lowest BCUT2D eigenvalue weighted by atomic mass is 9.95. The molecule has 1 fully saturated rings. The van der Waals surface area contributed by atoms with Gasteiger partial charge in [-0.25, -0.2) is 0 Å². The Kier molecular flexibility index (Phi) is 5.73. The van der Waals surface area contributed by atoms with Gasteiger partial charge in [0.15, 0.2) is 0 Å². The van der Waals surface area contributed by atoms with Crippen LogP contribution in [0.15, 0.2) is 79.0 Å². The van der Waals surface area contributed by atoms with Crippen LogP contribution in [0, 0.1) is 0 Å². The van der Waals surface area contributed by atoms with E-state index >= 15 is 0 Å². The molecule has 1 aliphatic carbocycles. The summed E-state index contributed by atoms with van der Waals surface area (Å²) in [7, 11) is 0. The second kappa shape index (κ2) is 8.76. The SMILES string of the molecule is C1=CN(Cc2ccccc2)CC=C1OC1CCC(Oc2ccncc2)CC1. The summed E-state index contributed by atoms with van der Waals surface area (Å²) < 4.78 is 12.2. The molecule has 4 heteroatoms. The molecular formula is C23H26N2O2. The minimum Gasteiger partial charge on any atom is -0.491 e. The van der Waals surface area contributed by atoms with Crippen molar-refractivity contribution < 1.29 is 9.47 Å². The molecule has 0 saturated heterocycles. The van der Waals surface area contributed by atoms with Crippen molar-refractivity contribution in [2.75, 3.05) is 6.54 Å². The van der Waals surface area contributed by atoms with E-state index in [9.17, 15) is 0 Å². The first-order valence-electron chi connectivity index (χ1n) is 9.75. The van der Waals surface area contributed by atoms with Crippen LogP contribution in [-0.2, 0) is 11.3 Å². The van der Waals surface area contributed by atoms with Crippen LogP contribution in [-0.4, -0.2) is 28.6 Å². The maximum absolute atomic E-state index is 6.21. The van der Waals surface area contributed by atoms with E-state index in [-0.39, 0.29) is 6.10 Å². The highest BCUT2D eigenvalue weighted by atomic mass is 16.5. The van der Waals surface area contributed by atoms with Crippen molar-refractivity contribution in [2.24, 2.45) is 0 Å². The van der Waals surface area contributed by atoms with E-state index in [1.54, 1.807) is 12.4 Å². The Bertz CT molecular complexity index is 765. The second-order valence-corrected chi connectivity index (χ2v) is 7.15. The Morgan fingerprint density at radius 1 is 0.889 bits per heavy atom. The van der Waals surface area contributed by atoms with E-state index in [2.05, 4.69) is 58.6 Å². The van der Waals surface area contributed by atoms with Gasteiger partial charge in [0, 0.05) is 31.7 Å². The third-order valence-electron chi connectivity index (χ3n) is 5.08. The van der Waals surface area contributed by atoms with Gasteiger partial charge in [-0.15, -0.1) is 0 Å². The van der Waals surface area contributed by atoms with Gasteiger partial charge in [0.05, 0.1) is 12.2 Å². The maximum atomic E-state index is 6.21. The van der Waals surface area contributed by atoms with Gasteiger partial charge >= 0.3 is 0 Å². The smallest absolute Gasteiger partial charge is 0.122 e. The van der Waals surface area contributed by atoms with Crippen molar-refractivity contribution in [2.45, 2.75) is 44.4 Å². The van der Waals surface area contributed by atoms with Gasteiger partial charge in [-0.2, -0.15) is 0 Å². The van der Waals surface area contributed by atoms with Crippen LogP contribution < -0.4 is 4.74 Å². The molecule has 0 unspecified atom stereocenters. The molecule has 2 heterocycles. The molecule has 1 aromatic carbocycles. The first kappa shape index (κ1) is 17.7. The van der Waals surface area contributed by atoms with Crippen molar-refractivity contribution >= 4 is 0 Å². The molecule has 0 atom stereocenters. The first-order chi connectivity index (χ1) is 13.3. The lowest BCUT2D eigenvalue weighted by Gasteiger charge is -2.31. The van der Waals surface area contributed by atoms with Crippen molar-refractivity contribution in [1.82, 2.24) is 9.88 Å². The number of pyridine rings is 1. The predicted molar refractivity (Wildman–Crippen MR) is 106 cm³/mol. The normalized spacial score (nSPS) is 22.2. The Hall–Kier alpha value is -2.75. The summed E-state index contributed by atoms with van der Waals surface area (Å²) in [6.07, 6.45) is 14.7. The van der Waals surface area contributed by atoms with Gasteiger partial charge < -0.3 is 14.4 Å². The zero-order chi connectivity index (χ0) is 18.3. The fraction of sp³-hybridized carbons (Fsp3) is 0.348. The Morgan fingerprint density at radius 3 is 2.26 bits per heavy atom. The van der Waals surface area contributed by atoms with Gasteiger partial charge in [-0.1, -0.05) is 30.3 Å². The fourth-order valence-electron chi connectivity index (χ4n) is 3.61. The molecular weight excluding hydrogens is 336 g/mol. The Morgan fingerprint density at radius 2 is 1.59 bits per heavy atom. The highest BCUT2D eigenvalue weighted by molar-refractivity contribution is 5.20. The van der Waals surface area contributed by atoms with Crippen molar-refractivity contribution in [3.63, 3.8) is 0 Å². The molecule has 1 aromatic heterocycles. The van der Waals surface area contributed by atoms with Gasteiger partial charge in [0.1, 0.15) is 11.5 Å². The fourth-order valence-corrected chi connectivity index (χ4v) is 3.61. The summed E-state index contributed by atoms with van der Waals surface area (Å²) >= 11 is 0. The standard InChI is InChI=1S/C23H26N2O2/c1-2-4-19(5-3-1)18-25-16-12-23(13-17-25)27-21-8-6-20(7-9-21)26-22-10-14-24-15-11-22/h1-5,10-16,20-21H,6-9,17-18H2. The van der Waals surface area contributed by atoms with Crippen molar-refractivity contribution in [3.05, 3.63) is 84.5 Å². The number of hydrogen-bond acceptors (Lipinski definition) is 4. The molecule has 1 saturated carbocycles. The molecule has 140 valence electrons. The molecule has 0 N–H and O–H groups in total. The summed E-state index contributed by atoms with van der Waals surface area (Å²) in [5, 5.41) is 0. The summed E-state index contributed by atoms with van der Waals surface area (Å²) in [4.78, 5) is 6.32. The number of nitrogens with zero attached hydrogens (tertiary/aromatic N) is 2. The van der Waals surface area contributed by atoms with Crippen molar-refractivity contribution in [1.29, 1.82) is 0 Å². The van der Waals surface area contributed by atoms with Gasteiger partial charge in [-0.3, -0.25) is 4.98 Å². The minimum atomic E-state index is 0.282. The number of benzene rings is 1. The Balaban J connectivity index is 1.20. The number of ether oxygens (including phenoxy) is 2. The lowest BCUT2D eigenvalue weighted by Crippen LogP contribution is -2.28. The molecule has 0 amide bonds. The third kappa shape index (κ3) is 5.13. The molecule has 0 radical (unpaired) electrons. The molecule has 0 bridgehead atoms. The average Bonchev–Trinajstić information content (AvgIpc) is 2.73. The van der Waals surface area contributed by atoms with Crippen LogP contribution in [0.3, 0.4) is 0 Å². The minimum absolute atomic E-state index is 0.282. The van der Waals surface area contributed by atoms with E-state index in [1.165, 1.54) is 5.56 Å². The zero-order valence-electron chi connectivity index (χ0n) is 15.5. The lowest BCUT2D eigenvalue weighted by molar-refractivity contribution is 0.0439. The number of aromatic nitrogens is 1. The summed E-state index contributed by atoms with van der Waals surface area (Å²) in [5.74, 6) is 1.91. The van der Waals surface area contributed by atoms with E-state index in [1.807, 2.05) is 12.1 Å². The largest absolute Gasteiger partial charge is 0.491 e. The van der Waals surface area contributed by atoms with Crippen LogP contribution in [0.2, 0.25) is 0 Å². The van der Waals surface area contributed by atoms with Gasteiger partial charge in [0.25, 0.3) is 0 Å². The summed E-state index contributed by atoms with van der Waals surface area (Å²) in [6, 6.07) is 14.4. The highest BCUT2D eigenvalue weighted by Crippen LogP contribution is 2.27. The van der Waals surface area contributed by atoms with Gasteiger partial charge in [-0.05, 0) is 55.5 Å². The van der Waals surface area contributed by atoms with Crippen LogP contribution in [0.25, 0.3) is 0 Å². The van der Waals surface area contributed by atoms with Crippen LogP contribution >= 0.6 is 0 Å². The van der Waals surface area contributed by atoms with E-state index in [0.29, 0.717) is 6.10 Å². The predicted octanol–water partition coefficient (Wildman–Crippen LogP) is 4.70. The molecule has 4 rings (SSSR count). The monoisotopic (exact) mass is 362 g/mol. The molecule has 2 aliphatic rings. The first-order valence-corrected chi connectivity index (χ1v) is 9.75. The molecule has 0 spiro atoms. The quantitative estimate of drug-likeness (QED) is 0.746. The van der Waals surface area contributed by atoms with Crippen molar-refractivity contribution in [3.8, 4) is 5.75 Å². The summed E-state index contributed by atoms with van der Waals surface area (Å²) in [6.45, 7) is 1.82. The average molecular weight is 362 g/mol. The number of rotatable bonds is 6. The van der Waals surface area contributed by atoms with E-state index < -0.39 is 0 Å². The zero-order valence-corrected chi connectivity index (χ0v) is 15.5. The van der Waals surface area contributed by atoms with Crippen LogP contribution in [0.5, 0.6) is 5.75 Å². The highest BCUT2D eigenvalue weighted by Gasteiger charge is 2.24. The number of hydrogen-bond donors (Lipinski definition) is 0. The van der Waals surface area contributed by atoms with Crippen LogP contribution in [0.1, 0.15) is 31.2 Å². The van der Waals surface area contributed by atoms with Crippen LogP contribution in [0.4, 0.5) is 0 Å². The molecule has 1 aliphatic heterocycles. The Labute approximate surface area is 161 Å².